The van der Waals surface area contributed by atoms with Crippen molar-refractivity contribution in [3.63, 3.8) is 0 Å². The van der Waals surface area contributed by atoms with E-state index in [1.54, 1.807) is 19.2 Å². The molecule has 0 atom stereocenters. The molecule has 1 amide bonds. The summed E-state index contributed by atoms with van der Waals surface area (Å²) in [5, 5.41) is 2.98. The second-order valence-corrected chi connectivity index (χ2v) is 7.36. The van der Waals surface area contributed by atoms with Gasteiger partial charge in [-0.05, 0) is 50.1 Å². The molecule has 3 rings (SSSR count). The first-order valence-corrected chi connectivity index (χ1v) is 10.1. The van der Waals surface area contributed by atoms with Crippen LogP contribution in [0.4, 0.5) is 0 Å². The van der Waals surface area contributed by atoms with Crippen LogP contribution in [-0.2, 0) is 13.0 Å². The van der Waals surface area contributed by atoms with E-state index in [0.29, 0.717) is 17.9 Å². The Labute approximate surface area is 172 Å². The lowest BCUT2D eigenvalue weighted by Crippen LogP contribution is -2.24. The fourth-order valence-corrected chi connectivity index (χ4v) is 3.42. The van der Waals surface area contributed by atoms with Crippen molar-refractivity contribution in [3.8, 4) is 5.75 Å². The highest BCUT2D eigenvalue weighted by Crippen LogP contribution is 2.19. The minimum absolute atomic E-state index is 0.0628. The first-order chi connectivity index (χ1) is 14.1. The summed E-state index contributed by atoms with van der Waals surface area (Å²) in [6.45, 7) is 7.56. The minimum Gasteiger partial charge on any atom is -0.497 e. The predicted molar refractivity (Wildman–Crippen MR) is 117 cm³/mol. The number of hydrogen-bond acceptors (Lipinski definition) is 3. The van der Waals surface area contributed by atoms with Gasteiger partial charge in [0, 0.05) is 25.1 Å². The summed E-state index contributed by atoms with van der Waals surface area (Å²) >= 11 is 0. The lowest BCUT2D eigenvalue weighted by molar-refractivity contribution is 0.0952. The van der Waals surface area contributed by atoms with Gasteiger partial charge in [-0.2, -0.15) is 0 Å². The second kappa shape index (κ2) is 9.92. The summed E-state index contributed by atoms with van der Waals surface area (Å²) in [6.07, 6.45) is 3.94. The Morgan fingerprint density at radius 2 is 1.97 bits per heavy atom. The minimum atomic E-state index is -0.0628. The first kappa shape index (κ1) is 20.6. The molecule has 0 spiro atoms. The highest BCUT2D eigenvalue weighted by Gasteiger charge is 2.10. The van der Waals surface area contributed by atoms with Crippen molar-refractivity contribution in [3.05, 3.63) is 72.1 Å². The number of carbonyl (C=O) groups excluding carboxylic acids is 1. The van der Waals surface area contributed by atoms with Gasteiger partial charge >= 0.3 is 0 Å². The number of aryl methyl sites for hydroxylation is 1. The fourth-order valence-electron chi connectivity index (χ4n) is 3.42. The molecule has 0 aliphatic heterocycles. The molecule has 0 fully saturated rings. The molecule has 0 aliphatic rings. The van der Waals surface area contributed by atoms with E-state index in [0.717, 1.165) is 54.7 Å². The van der Waals surface area contributed by atoms with Gasteiger partial charge in [0.1, 0.15) is 11.6 Å². The maximum Gasteiger partial charge on any atom is 0.251 e. The number of benzene rings is 2. The van der Waals surface area contributed by atoms with Crippen molar-refractivity contribution < 1.29 is 9.53 Å². The van der Waals surface area contributed by atoms with Crippen LogP contribution in [0.1, 0.15) is 42.4 Å². The quantitative estimate of drug-likeness (QED) is 0.400. The van der Waals surface area contributed by atoms with Gasteiger partial charge in [0.05, 0.1) is 18.1 Å². The van der Waals surface area contributed by atoms with Crippen molar-refractivity contribution in [1.82, 2.24) is 14.9 Å². The van der Waals surface area contributed by atoms with Crippen molar-refractivity contribution in [2.45, 2.75) is 39.2 Å². The van der Waals surface area contributed by atoms with Gasteiger partial charge in [0.25, 0.3) is 5.91 Å². The molecular formula is C24H29N3O2. The molecule has 5 nitrogen and oxygen atoms in total. The van der Waals surface area contributed by atoms with E-state index >= 15 is 0 Å². The van der Waals surface area contributed by atoms with Crippen molar-refractivity contribution >= 4 is 16.9 Å². The number of hydrogen-bond donors (Lipinski definition) is 1. The van der Waals surface area contributed by atoms with Crippen LogP contribution in [-0.4, -0.2) is 29.1 Å². The Morgan fingerprint density at radius 3 is 2.76 bits per heavy atom. The monoisotopic (exact) mass is 391 g/mol. The lowest BCUT2D eigenvalue weighted by atomic mass is 10.1. The molecule has 29 heavy (non-hydrogen) atoms. The highest BCUT2D eigenvalue weighted by molar-refractivity contribution is 5.94. The van der Waals surface area contributed by atoms with Crippen molar-refractivity contribution in [1.29, 1.82) is 0 Å². The van der Waals surface area contributed by atoms with Gasteiger partial charge in [-0.3, -0.25) is 4.79 Å². The van der Waals surface area contributed by atoms with Crippen molar-refractivity contribution in [2.75, 3.05) is 13.7 Å². The fraction of sp³-hybridized carbons (Fsp3) is 0.333. The Bertz CT molecular complexity index is 991. The average molecular weight is 392 g/mol. The summed E-state index contributed by atoms with van der Waals surface area (Å²) in [4.78, 5) is 17.0. The molecule has 3 aromatic rings. The maximum atomic E-state index is 12.2. The van der Waals surface area contributed by atoms with E-state index in [9.17, 15) is 4.79 Å². The molecule has 0 aliphatic carbocycles. The Kier molecular flexibility index (Phi) is 7.06. The molecule has 0 saturated heterocycles. The number of carbonyl (C=O) groups is 1. The number of methoxy groups -OCH3 is 1. The molecule has 0 saturated carbocycles. The summed E-state index contributed by atoms with van der Waals surface area (Å²) in [5.41, 5.74) is 3.94. The van der Waals surface area contributed by atoms with Crippen LogP contribution in [0.25, 0.3) is 11.0 Å². The van der Waals surface area contributed by atoms with Crippen LogP contribution in [0.2, 0.25) is 0 Å². The molecule has 0 unspecified atom stereocenters. The lowest BCUT2D eigenvalue weighted by Gasteiger charge is -2.09. The number of amides is 1. The van der Waals surface area contributed by atoms with E-state index in [4.69, 9.17) is 9.72 Å². The number of rotatable bonds is 10. The largest absolute Gasteiger partial charge is 0.497 e. The molecule has 0 bridgehead atoms. The number of para-hydroxylation sites is 2. The third kappa shape index (κ3) is 5.47. The first-order valence-electron chi connectivity index (χ1n) is 10.1. The smallest absolute Gasteiger partial charge is 0.251 e. The molecule has 1 N–H and O–H groups in total. The van der Waals surface area contributed by atoms with E-state index < -0.39 is 0 Å². The standard InChI is InChI=1S/C24H29N3O2/c1-18(2)17-27-22-13-7-6-12-21(22)26-23(27)14-5-4-8-15-25-24(28)19-10-9-11-20(16-19)29-3/h6-7,9-13,16H,1,4-5,8,14-15,17H2,2-3H3,(H,25,28). The third-order valence-electron chi connectivity index (χ3n) is 4.86. The summed E-state index contributed by atoms with van der Waals surface area (Å²) < 4.78 is 7.43. The Hall–Kier alpha value is -3.08. The van der Waals surface area contributed by atoms with Crippen LogP contribution >= 0.6 is 0 Å². The van der Waals surface area contributed by atoms with E-state index in [1.807, 2.05) is 31.2 Å². The average Bonchev–Trinajstić information content (AvgIpc) is 3.07. The number of unbranched alkanes of at least 4 members (excludes halogenated alkanes) is 2. The molecule has 2 aromatic carbocycles. The molecule has 152 valence electrons. The molecular weight excluding hydrogens is 362 g/mol. The van der Waals surface area contributed by atoms with E-state index in [1.165, 1.54) is 0 Å². The predicted octanol–water partition coefficient (Wildman–Crippen LogP) is 4.76. The van der Waals surface area contributed by atoms with Gasteiger partial charge in [0.15, 0.2) is 0 Å². The number of imidazole rings is 1. The molecule has 1 aromatic heterocycles. The Morgan fingerprint density at radius 1 is 1.14 bits per heavy atom. The number of allylic oxidation sites excluding steroid dienone is 1. The van der Waals surface area contributed by atoms with E-state index in [2.05, 4.69) is 28.6 Å². The van der Waals surface area contributed by atoms with Crippen LogP contribution < -0.4 is 10.1 Å². The van der Waals surface area contributed by atoms with Crippen LogP contribution in [0.3, 0.4) is 0 Å². The number of aromatic nitrogens is 2. The Balaban J connectivity index is 1.47. The molecule has 1 heterocycles. The maximum absolute atomic E-state index is 12.2. The van der Waals surface area contributed by atoms with Crippen LogP contribution in [0.5, 0.6) is 5.75 Å². The van der Waals surface area contributed by atoms with Crippen molar-refractivity contribution in [2.24, 2.45) is 0 Å². The third-order valence-corrected chi connectivity index (χ3v) is 4.86. The molecule has 0 radical (unpaired) electrons. The highest BCUT2D eigenvalue weighted by atomic mass is 16.5. The summed E-state index contributed by atoms with van der Waals surface area (Å²) in [7, 11) is 1.60. The normalized spacial score (nSPS) is 10.8. The number of nitrogens with one attached hydrogen (secondary N) is 1. The second-order valence-electron chi connectivity index (χ2n) is 7.36. The van der Waals surface area contributed by atoms with E-state index in [-0.39, 0.29) is 5.91 Å². The van der Waals surface area contributed by atoms with Gasteiger partial charge < -0.3 is 14.6 Å². The van der Waals surface area contributed by atoms with Gasteiger partial charge in [-0.1, -0.05) is 36.8 Å². The summed E-state index contributed by atoms with van der Waals surface area (Å²) in [6, 6.07) is 15.4. The van der Waals surface area contributed by atoms with Gasteiger partial charge in [0.2, 0.25) is 0 Å². The topological polar surface area (TPSA) is 56.2 Å². The summed E-state index contributed by atoms with van der Waals surface area (Å²) in [5.74, 6) is 1.73. The molecule has 5 heteroatoms. The zero-order chi connectivity index (χ0) is 20.6. The zero-order valence-corrected chi connectivity index (χ0v) is 17.3. The SMILES string of the molecule is C=C(C)Cn1c(CCCCCNC(=O)c2cccc(OC)c2)nc2ccccc21. The van der Waals surface area contributed by atoms with Crippen LogP contribution in [0, 0.1) is 0 Å². The van der Waals surface area contributed by atoms with Gasteiger partial charge in [-0.25, -0.2) is 4.98 Å². The number of fused-ring (bicyclic) bond motifs is 1. The number of nitrogens with zero attached hydrogens (tertiary/aromatic N) is 2. The van der Waals surface area contributed by atoms with Crippen LogP contribution in [0.15, 0.2) is 60.7 Å². The zero-order valence-electron chi connectivity index (χ0n) is 17.3. The van der Waals surface area contributed by atoms with Gasteiger partial charge in [-0.15, -0.1) is 0 Å². The number of ether oxygens (including phenoxy) is 1.